The highest BCUT2D eigenvalue weighted by Gasteiger charge is 2.32. The topological polar surface area (TPSA) is 203 Å². The first-order chi connectivity index (χ1) is 25.8. The summed E-state index contributed by atoms with van der Waals surface area (Å²) in [5, 5.41) is 0. The number of imidazole rings is 2. The van der Waals surface area contributed by atoms with Crippen LogP contribution in [0.1, 0.15) is 84.4 Å². The molecule has 3 heterocycles. The highest BCUT2D eigenvalue weighted by Crippen LogP contribution is 2.33. The molecule has 54 heavy (non-hydrogen) atoms. The van der Waals surface area contributed by atoms with Crippen molar-refractivity contribution in [1.29, 1.82) is 0 Å². The zero-order valence-corrected chi connectivity index (χ0v) is 32.6. The van der Waals surface area contributed by atoms with E-state index in [-0.39, 0.29) is 17.9 Å². The van der Waals surface area contributed by atoms with Crippen molar-refractivity contribution in [2.24, 2.45) is 23.3 Å². The number of amides is 4. The first-order valence-electron chi connectivity index (χ1n) is 18.3. The fourth-order valence-electron chi connectivity index (χ4n) is 5.96. The summed E-state index contributed by atoms with van der Waals surface area (Å²) >= 11 is 0. The van der Waals surface area contributed by atoms with E-state index in [1.807, 2.05) is 22.2 Å². The van der Waals surface area contributed by atoms with Gasteiger partial charge in [-0.2, -0.15) is 0 Å². The lowest BCUT2D eigenvalue weighted by Gasteiger charge is -2.24. The van der Waals surface area contributed by atoms with Crippen molar-refractivity contribution < 1.29 is 28.7 Å². The maximum Gasteiger partial charge on any atom is 0.404 e. The Bertz CT molecular complexity index is 1770. The largest absolute Gasteiger partial charge is 0.453 e. The first-order valence-corrected chi connectivity index (χ1v) is 18.3. The average molecular weight is 745 g/mol. The molecule has 6 N–H and O–H groups in total. The van der Waals surface area contributed by atoms with Crippen LogP contribution < -0.4 is 11.5 Å². The quantitative estimate of drug-likeness (QED) is 0.118. The van der Waals surface area contributed by atoms with Gasteiger partial charge >= 0.3 is 12.2 Å². The Balaban J connectivity index is 0.000000695. The van der Waals surface area contributed by atoms with Gasteiger partial charge in [0.05, 0.1) is 50.6 Å². The number of likely N-dealkylation sites (tertiary alicyclic amines) is 1. The van der Waals surface area contributed by atoms with Gasteiger partial charge in [-0.05, 0) is 53.4 Å². The number of carbonyl (C=O) groups is 4. The average Bonchev–Trinajstić information content (AvgIpc) is 3.93. The predicted octanol–water partition coefficient (Wildman–Crippen LogP) is 7.05. The van der Waals surface area contributed by atoms with E-state index in [0.717, 1.165) is 77.6 Å². The highest BCUT2D eigenvalue weighted by molar-refractivity contribution is 5.77. The molecule has 0 spiro atoms. The molecule has 292 valence electrons. The Morgan fingerprint density at radius 3 is 1.76 bits per heavy atom. The number of nitrogens with one attached hydrogen (secondary N) is 2. The molecule has 2 aromatic carbocycles. The zero-order chi connectivity index (χ0) is 39.8. The van der Waals surface area contributed by atoms with Crippen molar-refractivity contribution >= 4 is 24.0 Å². The number of nitrogens with two attached hydrogens (primary N) is 2. The maximum absolute atomic E-state index is 12.8. The van der Waals surface area contributed by atoms with Gasteiger partial charge < -0.3 is 40.7 Å². The van der Waals surface area contributed by atoms with E-state index in [1.165, 1.54) is 14.2 Å². The van der Waals surface area contributed by atoms with Crippen LogP contribution in [-0.2, 0) is 25.6 Å². The molecular formula is C40H56N8O6. The molecule has 0 radical (unpaired) electrons. The summed E-state index contributed by atoms with van der Waals surface area (Å²) in [5.41, 5.74) is 15.1. The third-order valence-electron chi connectivity index (χ3n) is 8.59. The van der Waals surface area contributed by atoms with E-state index in [4.69, 9.17) is 0 Å². The smallest absolute Gasteiger partial charge is 0.404 e. The molecule has 1 fully saturated rings. The van der Waals surface area contributed by atoms with Crippen molar-refractivity contribution in [3.8, 4) is 33.6 Å². The summed E-state index contributed by atoms with van der Waals surface area (Å²) in [6.45, 7) is 12.4. The van der Waals surface area contributed by atoms with Gasteiger partial charge in [-0.1, -0.05) is 83.1 Å². The lowest BCUT2D eigenvalue weighted by Crippen LogP contribution is -2.32. The van der Waals surface area contributed by atoms with Crippen LogP contribution in [0.15, 0.2) is 60.9 Å². The van der Waals surface area contributed by atoms with Gasteiger partial charge in [-0.25, -0.2) is 19.6 Å². The second kappa shape index (κ2) is 21.1. The highest BCUT2D eigenvalue weighted by atomic mass is 16.5. The third-order valence-corrected chi connectivity index (χ3v) is 8.59. The van der Waals surface area contributed by atoms with Crippen molar-refractivity contribution in [1.82, 2.24) is 29.7 Å². The molecule has 0 aliphatic carbocycles. The number of aromatic amines is 2. The SMILES string of the molecule is CCCN(Cc1ncc(-c2ccc(-c3ccc(-c4cnc(C5CCCN5C(=O)CC(C)C)[nH]4)cc3)cc2)[nH]1)C(=O)CC(C)C.COC(N)=O.COC(N)=O. The molecule has 4 amide bonds. The Hall–Kier alpha value is -5.66. The lowest BCUT2D eigenvalue weighted by molar-refractivity contribution is -0.133. The number of ether oxygens (including phenoxy) is 2. The Kier molecular flexibility index (Phi) is 16.7. The number of benzene rings is 2. The standard InChI is InChI=1S/C36H46N6O2.2C2H5NO2/c1-6-17-41(34(43)19-24(2)3)23-33-37-21-30(39-33)28-13-9-26(10-14-28)27-11-15-29(16-12-27)31-22-38-36(40-31)32-8-7-18-42(32)35(44)20-25(4)5;2*1-5-2(3)4/h9-16,21-22,24-25,32H,6-8,17-20,23H2,1-5H3,(H,37,39)(H,38,40);2*1H3,(H2,3,4). The van der Waals surface area contributed by atoms with Crippen molar-refractivity contribution in [3.63, 3.8) is 0 Å². The fourth-order valence-corrected chi connectivity index (χ4v) is 5.96. The Morgan fingerprint density at radius 1 is 0.796 bits per heavy atom. The monoisotopic (exact) mass is 744 g/mol. The van der Waals surface area contributed by atoms with Gasteiger partial charge in [0, 0.05) is 25.9 Å². The third kappa shape index (κ3) is 13.1. The predicted molar refractivity (Wildman–Crippen MR) is 209 cm³/mol. The van der Waals surface area contributed by atoms with Crippen LogP contribution in [0.3, 0.4) is 0 Å². The molecule has 1 aliphatic rings. The molecule has 2 aromatic heterocycles. The van der Waals surface area contributed by atoms with Gasteiger partial charge in [0.15, 0.2) is 0 Å². The second-order valence-electron chi connectivity index (χ2n) is 13.9. The normalized spacial score (nSPS) is 13.4. The molecule has 14 heteroatoms. The lowest BCUT2D eigenvalue weighted by atomic mass is 10.0. The van der Waals surface area contributed by atoms with E-state index in [0.29, 0.717) is 31.2 Å². The molecule has 1 unspecified atom stereocenters. The van der Waals surface area contributed by atoms with Gasteiger partial charge in [0.25, 0.3) is 0 Å². The van der Waals surface area contributed by atoms with Crippen LogP contribution in [0.4, 0.5) is 9.59 Å². The summed E-state index contributed by atoms with van der Waals surface area (Å²) in [7, 11) is 2.45. The van der Waals surface area contributed by atoms with Crippen molar-refractivity contribution in [2.45, 2.75) is 79.3 Å². The minimum absolute atomic E-state index is 0.0291. The van der Waals surface area contributed by atoms with E-state index in [1.54, 1.807) is 0 Å². The number of nitrogens with zero attached hydrogens (tertiary/aromatic N) is 4. The van der Waals surface area contributed by atoms with E-state index < -0.39 is 12.2 Å². The molecule has 1 atom stereocenters. The van der Waals surface area contributed by atoms with Crippen LogP contribution >= 0.6 is 0 Å². The van der Waals surface area contributed by atoms with E-state index >= 15 is 0 Å². The summed E-state index contributed by atoms with van der Waals surface area (Å²) in [4.78, 5) is 64.2. The van der Waals surface area contributed by atoms with Crippen LogP contribution in [-0.4, -0.2) is 81.0 Å². The van der Waals surface area contributed by atoms with Crippen LogP contribution in [0.5, 0.6) is 0 Å². The van der Waals surface area contributed by atoms with E-state index in [2.05, 4.69) is 124 Å². The molecule has 4 aromatic rings. The Labute approximate surface area is 318 Å². The molecule has 0 bridgehead atoms. The molecule has 1 saturated heterocycles. The van der Waals surface area contributed by atoms with Crippen molar-refractivity contribution in [3.05, 3.63) is 72.6 Å². The number of primary amides is 2. The van der Waals surface area contributed by atoms with Gasteiger partial charge in [-0.3, -0.25) is 9.59 Å². The summed E-state index contributed by atoms with van der Waals surface area (Å²) < 4.78 is 7.78. The van der Waals surface area contributed by atoms with Gasteiger partial charge in [0.1, 0.15) is 11.6 Å². The van der Waals surface area contributed by atoms with E-state index in [9.17, 15) is 19.2 Å². The van der Waals surface area contributed by atoms with Crippen LogP contribution in [0.25, 0.3) is 33.6 Å². The summed E-state index contributed by atoms with van der Waals surface area (Å²) in [6.07, 6.45) is 6.24. The molecule has 1 aliphatic heterocycles. The summed E-state index contributed by atoms with van der Waals surface area (Å²) in [6, 6.07) is 17.0. The van der Waals surface area contributed by atoms with Gasteiger partial charge in [-0.15, -0.1) is 0 Å². The molecule has 0 saturated carbocycles. The van der Waals surface area contributed by atoms with Crippen molar-refractivity contribution in [2.75, 3.05) is 27.3 Å². The second-order valence-corrected chi connectivity index (χ2v) is 13.9. The first kappa shape index (κ1) is 42.8. The zero-order valence-electron chi connectivity index (χ0n) is 32.6. The fraction of sp³-hybridized carbons (Fsp3) is 0.450. The number of hydrogen-bond donors (Lipinski definition) is 4. The minimum atomic E-state index is -0.745. The van der Waals surface area contributed by atoms with Crippen LogP contribution in [0, 0.1) is 11.8 Å². The molecule has 5 rings (SSSR count). The van der Waals surface area contributed by atoms with Crippen LogP contribution in [0.2, 0.25) is 0 Å². The number of methoxy groups -OCH3 is 2. The number of hydrogen-bond acceptors (Lipinski definition) is 8. The number of rotatable bonds is 12. The number of aromatic nitrogens is 4. The number of carbonyl (C=O) groups excluding carboxylic acids is 4. The van der Waals surface area contributed by atoms with Gasteiger partial charge in [0.2, 0.25) is 11.8 Å². The maximum atomic E-state index is 12.8. The minimum Gasteiger partial charge on any atom is -0.453 e. The summed E-state index contributed by atoms with van der Waals surface area (Å²) in [5.74, 6) is 2.75. The molecular weight excluding hydrogens is 688 g/mol. The molecule has 14 nitrogen and oxygen atoms in total. The Morgan fingerprint density at radius 2 is 1.28 bits per heavy atom. The number of H-pyrrole nitrogens is 2.